The fraction of sp³-hybridized carbons (Fsp3) is 0.615. The number of carbonyl (C=O) groups excluding carboxylic acids is 1. The van der Waals surface area contributed by atoms with Crippen molar-refractivity contribution in [1.29, 1.82) is 0 Å². The Kier molecular flexibility index (Phi) is 5.38. The fourth-order valence-corrected chi connectivity index (χ4v) is 1.93. The van der Waals surface area contributed by atoms with E-state index in [1.165, 1.54) is 0 Å². The van der Waals surface area contributed by atoms with E-state index in [0.717, 1.165) is 12.2 Å². The van der Waals surface area contributed by atoms with Gasteiger partial charge in [0.05, 0.1) is 25.4 Å². The van der Waals surface area contributed by atoms with Crippen LogP contribution in [0.5, 0.6) is 0 Å². The second kappa shape index (κ2) is 7.28. The molecule has 19 heavy (non-hydrogen) atoms. The van der Waals surface area contributed by atoms with Gasteiger partial charge in [-0.3, -0.25) is 4.79 Å². The Morgan fingerprint density at radius 1 is 1.53 bits per heavy atom. The number of hydrogen-bond donors (Lipinski definition) is 2. The Bertz CT molecular complexity index is 380. The van der Waals surface area contributed by atoms with E-state index in [9.17, 15) is 4.79 Å². The highest BCUT2D eigenvalue weighted by Crippen LogP contribution is 2.11. The number of nitrogens with one attached hydrogen (secondary N) is 1. The Morgan fingerprint density at radius 2 is 2.42 bits per heavy atom. The van der Waals surface area contributed by atoms with Gasteiger partial charge in [0.1, 0.15) is 12.4 Å². The molecule has 1 amide bonds. The summed E-state index contributed by atoms with van der Waals surface area (Å²) in [5, 5.41) is 2.85. The summed E-state index contributed by atoms with van der Waals surface area (Å²) in [7, 11) is 0. The lowest BCUT2D eigenvalue weighted by molar-refractivity contribution is -0.125. The summed E-state index contributed by atoms with van der Waals surface area (Å²) in [5.74, 6) is 0.554. The van der Waals surface area contributed by atoms with Crippen LogP contribution in [0.2, 0.25) is 0 Å². The molecule has 0 saturated carbocycles. The Labute approximate surface area is 112 Å². The predicted octanol–water partition coefficient (Wildman–Crippen LogP) is 0.276. The van der Waals surface area contributed by atoms with E-state index in [1.807, 2.05) is 12.1 Å². The van der Waals surface area contributed by atoms with Gasteiger partial charge in [-0.1, -0.05) is 0 Å². The number of furan rings is 1. The van der Waals surface area contributed by atoms with E-state index in [0.29, 0.717) is 33.0 Å². The van der Waals surface area contributed by atoms with Gasteiger partial charge in [0.25, 0.3) is 0 Å². The maximum Gasteiger partial charge on any atom is 0.227 e. The first-order valence-electron chi connectivity index (χ1n) is 6.48. The predicted molar refractivity (Wildman–Crippen MR) is 68.3 cm³/mol. The minimum atomic E-state index is -0.218. The van der Waals surface area contributed by atoms with Crippen LogP contribution >= 0.6 is 0 Å². The molecule has 1 aliphatic heterocycles. The van der Waals surface area contributed by atoms with Crippen LogP contribution in [0, 0.1) is 5.92 Å². The summed E-state index contributed by atoms with van der Waals surface area (Å²) >= 11 is 0. The van der Waals surface area contributed by atoms with E-state index in [1.54, 1.807) is 6.26 Å². The molecule has 6 nitrogen and oxygen atoms in total. The van der Waals surface area contributed by atoms with Crippen LogP contribution in [0.4, 0.5) is 0 Å². The quantitative estimate of drug-likeness (QED) is 0.693. The Hall–Kier alpha value is -1.37. The van der Waals surface area contributed by atoms with E-state index < -0.39 is 0 Å². The van der Waals surface area contributed by atoms with E-state index >= 15 is 0 Å². The lowest BCUT2D eigenvalue weighted by atomic mass is 10.0. The molecule has 0 aromatic carbocycles. The molecule has 6 heteroatoms. The second-order valence-corrected chi connectivity index (χ2v) is 4.58. The number of ether oxygens (including phenoxy) is 2. The molecular formula is C13H20N2O4. The average Bonchev–Trinajstić information content (AvgIpc) is 3.04. The summed E-state index contributed by atoms with van der Waals surface area (Å²) in [6.45, 7) is 2.50. The lowest BCUT2D eigenvalue weighted by Crippen LogP contribution is -2.41. The number of rotatable bonds is 7. The molecule has 0 bridgehead atoms. The van der Waals surface area contributed by atoms with Gasteiger partial charge < -0.3 is 24.9 Å². The molecular weight excluding hydrogens is 248 g/mol. The topological polar surface area (TPSA) is 86.7 Å². The molecule has 1 aliphatic rings. The van der Waals surface area contributed by atoms with Gasteiger partial charge in [0.2, 0.25) is 5.91 Å². The first kappa shape index (κ1) is 14.0. The van der Waals surface area contributed by atoms with Crippen molar-refractivity contribution in [3.05, 3.63) is 24.2 Å². The van der Waals surface area contributed by atoms with Crippen molar-refractivity contribution in [3.8, 4) is 0 Å². The van der Waals surface area contributed by atoms with Gasteiger partial charge in [-0.05, 0) is 18.6 Å². The molecule has 2 heterocycles. The minimum absolute atomic E-state index is 0.0314. The normalized spacial score (nSPS) is 22.6. The zero-order valence-electron chi connectivity index (χ0n) is 10.8. The zero-order valence-corrected chi connectivity index (χ0v) is 10.8. The van der Waals surface area contributed by atoms with Crippen molar-refractivity contribution in [2.24, 2.45) is 11.7 Å². The van der Waals surface area contributed by atoms with Gasteiger partial charge in [-0.25, -0.2) is 0 Å². The third-order valence-corrected chi connectivity index (χ3v) is 3.05. The van der Waals surface area contributed by atoms with E-state index in [2.05, 4.69) is 5.32 Å². The summed E-state index contributed by atoms with van der Waals surface area (Å²) in [6, 6.07) is 3.50. The Balaban J connectivity index is 1.51. The van der Waals surface area contributed by atoms with Gasteiger partial charge in [0.15, 0.2) is 0 Å². The fourth-order valence-electron chi connectivity index (χ4n) is 1.93. The first-order chi connectivity index (χ1) is 9.27. The molecule has 2 rings (SSSR count). The van der Waals surface area contributed by atoms with Crippen molar-refractivity contribution >= 4 is 5.91 Å². The maximum atomic E-state index is 11.7. The minimum Gasteiger partial charge on any atom is -0.467 e. The maximum absolute atomic E-state index is 11.7. The molecule has 1 aromatic rings. The molecule has 0 radical (unpaired) electrons. The molecule has 3 N–H and O–H groups in total. The van der Waals surface area contributed by atoms with Crippen LogP contribution in [-0.2, 0) is 20.9 Å². The summed E-state index contributed by atoms with van der Waals surface area (Å²) in [4.78, 5) is 11.7. The molecule has 1 saturated heterocycles. The first-order valence-corrected chi connectivity index (χ1v) is 6.48. The number of carbonyl (C=O) groups is 1. The SMILES string of the molecule is NC1COCC1C(=O)NCCCOCc1ccco1. The van der Waals surface area contributed by atoms with Crippen LogP contribution in [0.25, 0.3) is 0 Å². The van der Waals surface area contributed by atoms with E-state index in [-0.39, 0.29) is 17.9 Å². The largest absolute Gasteiger partial charge is 0.467 e. The van der Waals surface area contributed by atoms with Crippen molar-refractivity contribution in [3.63, 3.8) is 0 Å². The number of amides is 1. The second-order valence-electron chi connectivity index (χ2n) is 4.58. The molecule has 2 atom stereocenters. The van der Waals surface area contributed by atoms with Crippen LogP contribution in [-0.4, -0.2) is 38.3 Å². The highest BCUT2D eigenvalue weighted by Gasteiger charge is 2.30. The van der Waals surface area contributed by atoms with E-state index in [4.69, 9.17) is 19.6 Å². The molecule has 1 aromatic heterocycles. The van der Waals surface area contributed by atoms with Crippen molar-refractivity contribution < 1.29 is 18.7 Å². The van der Waals surface area contributed by atoms with Crippen molar-refractivity contribution in [1.82, 2.24) is 5.32 Å². The van der Waals surface area contributed by atoms with Crippen molar-refractivity contribution in [2.45, 2.75) is 19.1 Å². The number of nitrogens with two attached hydrogens (primary N) is 1. The summed E-state index contributed by atoms with van der Waals surface area (Å²) in [5.41, 5.74) is 5.77. The van der Waals surface area contributed by atoms with Gasteiger partial charge in [-0.15, -0.1) is 0 Å². The smallest absolute Gasteiger partial charge is 0.227 e. The van der Waals surface area contributed by atoms with Gasteiger partial charge >= 0.3 is 0 Å². The monoisotopic (exact) mass is 268 g/mol. The molecule has 2 unspecified atom stereocenters. The molecule has 0 spiro atoms. The lowest BCUT2D eigenvalue weighted by Gasteiger charge is -2.13. The standard InChI is InChI=1S/C13H20N2O4/c14-12-9-18-8-11(12)13(16)15-4-2-5-17-7-10-3-1-6-19-10/h1,3,6,11-12H,2,4-5,7-9,14H2,(H,15,16). The van der Waals surface area contributed by atoms with Gasteiger partial charge in [-0.2, -0.15) is 0 Å². The molecule has 0 aliphatic carbocycles. The van der Waals surface area contributed by atoms with Crippen molar-refractivity contribution in [2.75, 3.05) is 26.4 Å². The van der Waals surface area contributed by atoms with Crippen LogP contribution in [0.3, 0.4) is 0 Å². The summed E-state index contributed by atoms with van der Waals surface area (Å²) < 4.78 is 15.7. The zero-order chi connectivity index (χ0) is 13.5. The average molecular weight is 268 g/mol. The van der Waals surface area contributed by atoms with Crippen LogP contribution in [0.1, 0.15) is 12.2 Å². The number of hydrogen-bond acceptors (Lipinski definition) is 5. The summed E-state index contributed by atoms with van der Waals surface area (Å²) in [6.07, 6.45) is 2.38. The highest BCUT2D eigenvalue weighted by atomic mass is 16.5. The van der Waals surface area contributed by atoms with Crippen LogP contribution < -0.4 is 11.1 Å². The highest BCUT2D eigenvalue weighted by molar-refractivity contribution is 5.79. The third-order valence-electron chi connectivity index (χ3n) is 3.05. The van der Waals surface area contributed by atoms with Gasteiger partial charge in [0, 0.05) is 19.2 Å². The Morgan fingerprint density at radius 3 is 3.11 bits per heavy atom. The third kappa shape index (κ3) is 4.34. The van der Waals surface area contributed by atoms with Crippen LogP contribution in [0.15, 0.2) is 22.8 Å². The molecule has 106 valence electrons. The molecule has 1 fully saturated rings.